The molecule has 5 heterocycles. The van der Waals surface area contributed by atoms with Gasteiger partial charge in [0.05, 0.1) is 29.7 Å². The number of piperidine rings is 1. The Kier molecular flexibility index (Phi) is 6.81. The number of anilines is 1. The van der Waals surface area contributed by atoms with Gasteiger partial charge in [-0.15, -0.1) is 0 Å². The zero-order valence-electron chi connectivity index (χ0n) is 19.0. The Morgan fingerprint density at radius 1 is 1.06 bits per heavy atom. The van der Waals surface area contributed by atoms with E-state index in [0.29, 0.717) is 28.4 Å². The van der Waals surface area contributed by atoms with Crippen LogP contribution in [0.25, 0.3) is 21.6 Å². The van der Waals surface area contributed by atoms with E-state index in [2.05, 4.69) is 29.8 Å². The third-order valence-electron chi connectivity index (χ3n) is 5.90. The molecule has 1 aliphatic heterocycles. The quantitative estimate of drug-likeness (QED) is 0.345. The predicted octanol–water partition coefficient (Wildman–Crippen LogP) is 4.29. The molecule has 0 saturated carbocycles. The summed E-state index contributed by atoms with van der Waals surface area (Å²) in [5, 5.41) is 1.18. The van der Waals surface area contributed by atoms with Crippen molar-refractivity contribution in [1.82, 2.24) is 24.9 Å². The molecule has 0 N–H and O–H groups in total. The van der Waals surface area contributed by atoms with Crippen molar-refractivity contribution in [3.8, 4) is 16.5 Å². The van der Waals surface area contributed by atoms with Crippen LogP contribution in [0, 0.1) is 5.92 Å². The Bertz CT molecular complexity index is 1420. The highest BCUT2D eigenvalue weighted by Crippen LogP contribution is 2.30. The topological polar surface area (TPSA) is 111 Å². The third kappa shape index (κ3) is 5.68. The van der Waals surface area contributed by atoms with Crippen molar-refractivity contribution in [2.24, 2.45) is 5.92 Å². The molecular formula is C23H23ClN6O3S2. The van der Waals surface area contributed by atoms with Gasteiger partial charge in [0, 0.05) is 31.1 Å². The molecule has 0 aliphatic carbocycles. The molecule has 1 saturated heterocycles. The summed E-state index contributed by atoms with van der Waals surface area (Å²) >= 11 is 7.28. The first-order valence-electron chi connectivity index (χ1n) is 11.1. The molecule has 9 nitrogen and oxygen atoms in total. The highest BCUT2D eigenvalue weighted by Gasteiger charge is 2.21. The predicted molar refractivity (Wildman–Crippen MR) is 136 cm³/mol. The molecule has 1 fully saturated rings. The molecule has 0 aromatic carbocycles. The Morgan fingerprint density at radius 3 is 2.51 bits per heavy atom. The molecule has 0 amide bonds. The summed E-state index contributed by atoms with van der Waals surface area (Å²) < 4.78 is 29.2. The van der Waals surface area contributed by atoms with Crippen molar-refractivity contribution < 1.29 is 13.2 Å². The van der Waals surface area contributed by atoms with Gasteiger partial charge in [0.1, 0.15) is 10.3 Å². The van der Waals surface area contributed by atoms with E-state index >= 15 is 0 Å². The Balaban J connectivity index is 1.15. The molecule has 0 radical (unpaired) electrons. The van der Waals surface area contributed by atoms with E-state index in [0.717, 1.165) is 60.5 Å². The molecule has 0 atom stereocenters. The van der Waals surface area contributed by atoms with Crippen molar-refractivity contribution in [2.45, 2.75) is 24.3 Å². The van der Waals surface area contributed by atoms with Gasteiger partial charge in [-0.2, -0.15) is 0 Å². The van der Waals surface area contributed by atoms with Crippen LogP contribution in [0.1, 0.15) is 19.3 Å². The first kappa shape index (κ1) is 23.8. The van der Waals surface area contributed by atoms with Gasteiger partial charge in [0.2, 0.25) is 5.95 Å². The molecule has 0 unspecified atom stereocenters. The van der Waals surface area contributed by atoms with Gasteiger partial charge in [-0.25, -0.2) is 33.3 Å². The molecule has 5 rings (SSSR count). The minimum Gasteiger partial charge on any atom is -0.470 e. The van der Waals surface area contributed by atoms with Crippen LogP contribution in [0.3, 0.4) is 0 Å². The number of sulfone groups is 1. The minimum absolute atomic E-state index is 0.0415. The maximum atomic E-state index is 11.6. The highest BCUT2D eigenvalue weighted by molar-refractivity contribution is 7.90. The number of ether oxygens (including phenoxy) is 1. The summed E-state index contributed by atoms with van der Waals surface area (Å²) in [7, 11) is -3.34. The van der Waals surface area contributed by atoms with Crippen LogP contribution in [-0.2, 0) is 9.84 Å². The average Bonchev–Trinajstić information content (AvgIpc) is 3.26. The van der Waals surface area contributed by atoms with Gasteiger partial charge in [0.25, 0.3) is 5.19 Å². The van der Waals surface area contributed by atoms with Crippen molar-refractivity contribution in [1.29, 1.82) is 0 Å². The van der Waals surface area contributed by atoms with Crippen LogP contribution in [0.15, 0.2) is 47.9 Å². The van der Waals surface area contributed by atoms with E-state index in [1.165, 1.54) is 23.6 Å². The zero-order chi connectivity index (χ0) is 24.4. The first-order valence-corrected chi connectivity index (χ1v) is 14.2. The van der Waals surface area contributed by atoms with Crippen molar-refractivity contribution in [3.63, 3.8) is 0 Å². The number of nitrogens with zero attached hydrogens (tertiary/aromatic N) is 6. The second-order valence-electron chi connectivity index (χ2n) is 8.43. The maximum Gasteiger partial charge on any atom is 0.275 e. The van der Waals surface area contributed by atoms with Crippen LogP contribution >= 0.6 is 22.9 Å². The number of rotatable bonds is 7. The molecule has 182 valence electrons. The lowest BCUT2D eigenvalue weighted by Crippen LogP contribution is -2.35. The fourth-order valence-corrected chi connectivity index (χ4v) is 5.45. The van der Waals surface area contributed by atoms with E-state index in [-0.39, 0.29) is 5.03 Å². The number of thiazole rings is 1. The fraction of sp³-hybridized carbons (Fsp3) is 0.348. The standard InChI is InChI=1S/C23H23ClN6O3S2/c1-35(31,32)20-5-2-16(12-25-20)18-3-4-19-21(28-18)34-23(29-19)33-11-8-15-6-9-30(10-7-15)22-26-13-17(24)14-27-22/h2-5,12-15H,6-11H2,1H3. The third-order valence-corrected chi connectivity index (χ3v) is 7.98. The maximum absolute atomic E-state index is 11.6. The smallest absolute Gasteiger partial charge is 0.275 e. The summed E-state index contributed by atoms with van der Waals surface area (Å²) in [5.74, 6) is 1.31. The zero-order valence-corrected chi connectivity index (χ0v) is 21.4. The lowest BCUT2D eigenvalue weighted by atomic mass is 9.94. The van der Waals surface area contributed by atoms with E-state index in [9.17, 15) is 8.42 Å². The largest absolute Gasteiger partial charge is 0.470 e. The molecule has 4 aromatic rings. The number of halogens is 1. The normalized spacial score (nSPS) is 15.0. The number of hydrogen-bond acceptors (Lipinski definition) is 10. The van der Waals surface area contributed by atoms with Gasteiger partial charge in [-0.1, -0.05) is 22.9 Å². The SMILES string of the molecule is CS(=O)(=O)c1ccc(-c2ccc3nc(OCCC4CCN(c5ncc(Cl)cn5)CC4)sc3n2)cn1. The summed E-state index contributed by atoms with van der Waals surface area (Å²) in [6, 6.07) is 6.94. The molecular weight excluding hydrogens is 508 g/mol. The number of fused-ring (bicyclic) bond motifs is 1. The van der Waals surface area contributed by atoms with Crippen LogP contribution in [-0.4, -0.2) is 59.3 Å². The van der Waals surface area contributed by atoms with Gasteiger partial charge in [-0.3, -0.25) is 0 Å². The van der Waals surface area contributed by atoms with E-state index in [4.69, 9.17) is 16.3 Å². The molecule has 12 heteroatoms. The lowest BCUT2D eigenvalue weighted by Gasteiger charge is -2.31. The summed E-state index contributed by atoms with van der Waals surface area (Å²) in [4.78, 5) is 24.8. The Morgan fingerprint density at radius 2 is 1.83 bits per heavy atom. The van der Waals surface area contributed by atoms with Crippen LogP contribution in [0.4, 0.5) is 5.95 Å². The van der Waals surface area contributed by atoms with E-state index < -0.39 is 9.84 Å². The van der Waals surface area contributed by atoms with Crippen molar-refractivity contribution in [2.75, 3.05) is 30.9 Å². The van der Waals surface area contributed by atoms with Crippen LogP contribution < -0.4 is 9.64 Å². The van der Waals surface area contributed by atoms with E-state index in [1.807, 2.05) is 12.1 Å². The summed E-state index contributed by atoms with van der Waals surface area (Å²) in [5.41, 5.74) is 2.22. The lowest BCUT2D eigenvalue weighted by molar-refractivity contribution is 0.257. The monoisotopic (exact) mass is 530 g/mol. The molecule has 4 aromatic heterocycles. The molecule has 1 aliphatic rings. The summed E-state index contributed by atoms with van der Waals surface area (Å²) in [6.45, 7) is 2.44. The van der Waals surface area contributed by atoms with Crippen LogP contribution in [0.5, 0.6) is 5.19 Å². The second-order valence-corrected chi connectivity index (χ2v) is 11.8. The van der Waals surface area contributed by atoms with Crippen LogP contribution in [0.2, 0.25) is 5.02 Å². The molecule has 35 heavy (non-hydrogen) atoms. The van der Waals surface area contributed by atoms with Gasteiger partial charge in [0.15, 0.2) is 14.9 Å². The van der Waals surface area contributed by atoms with Crippen molar-refractivity contribution in [3.05, 3.63) is 47.9 Å². The second kappa shape index (κ2) is 10.00. The fourth-order valence-electron chi connectivity index (χ4n) is 3.97. The first-order chi connectivity index (χ1) is 16.8. The summed E-state index contributed by atoms with van der Waals surface area (Å²) in [6.07, 6.45) is 9.00. The van der Waals surface area contributed by atoms with Crippen molar-refractivity contribution >= 4 is 49.1 Å². The minimum atomic E-state index is -3.34. The van der Waals surface area contributed by atoms with E-state index in [1.54, 1.807) is 18.5 Å². The number of pyridine rings is 2. The molecule has 0 spiro atoms. The Hall–Kier alpha value is -2.89. The van der Waals surface area contributed by atoms with Gasteiger partial charge >= 0.3 is 0 Å². The van der Waals surface area contributed by atoms with Gasteiger partial charge in [-0.05, 0) is 49.4 Å². The van der Waals surface area contributed by atoms with Gasteiger partial charge < -0.3 is 9.64 Å². The number of aromatic nitrogens is 5. The molecule has 0 bridgehead atoms. The average molecular weight is 531 g/mol. The highest BCUT2D eigenvalue weighted by atomic mass is 35.5. The Labute approximate surface area is 212 Å². The number of hydrogen-bond donors (Lipinski definition) is 0.